The van der Waals surface area contributed by atoms with Crippen molar-refractivity contribution in [2.24, 2.45) is 0 Å². The molecule has 0 aliphatic rings. The standard InChI is InChI=1S/C2H2O3S/c1-2-5-6(3)4/h1H,(H,3,4)/p-1. The van der Waals surface area contributed by atoms with Crippen LogP contribution in [0, 0.1) is 12.5 Å². The highest BCUT2D eigenvalue weighted by molar-refractivity contribution is 7.74. The average molecular weight is 105 g/mol. The molecule has 0 spiro atoms. The van der Waals surface area contributed by atoms with Gasteiger partial charge in [-0.25, -0.2) is 4.21 Å². The van der Waals surface area contributed by atoms with Crippen LogP contribution in [0.1, 0.15) is 0 Å². The van der Waals surface area contributed by atoms with Crippen LogP contribution in [0.5, 0.6) is 0 Å². The van der Waals surface area contributed by atoms with Gasteiger partial charge in [-0.05, 0) is 0 Å². The van der Waals surface area contributed by atoms with Crippen LogP contribution in [0.25, 0.3) is 0 Å². The molecule has 0 saturated carbocycles. The van der Waals surface area contributed by atoms with Gasteiger partial charge in [-0.3, -0.25) is 0 Å². The molecule has 0 aromatic carbocycles. The maximum Gasteiger partial charge on any atom is 0.151 e. The number of terminal acetylenes is 1. The van der Waals surface area contributed by atoms with E-state index in [0.717, 1.165) is 0 Å². The van der Waals surface area contributed by atoms with E-state index in [1.165, 1.54) is 6.11 Å². The highest BCUT2D eigenvalue weighted by atomic mass is 32.2. The third-order valence-electron chi connectivity index (χ3n) is 0.116. The van der Waals surface area contributed by atoms with Gasteiger partial charge in [0.2, 0.25) is 0 Å². The van der Waals surface area contributed by atoms with E-state index in [4.69, 9.17) is 0 Å². The largest absolute Gasteiger partial charge is 0.739 e. The summed E-state index contributed by atoms with van der Waals surface area (Å²) < 4.78 is 22.0. The van der Waals surface area contributed by atoms with Crippen molar-refractivity contribution in [3.63, 3.8) is 0 Å². The molecule has 0 aromatic rings. The fourth-order valence-electron chi connectivity index (χ4n) is 0.0393. The number of rotatable bonds is 1. The van der Waals surface area contributed by atoms with E-state index < -0.39 is 11.4 Å². The zero-order chi connectivity index (χ0) is 4.99. The van der Waals surface area contributed by atoms with Crippen molar-refractivity contribution in [1.82, 2.24) is 0 Å². The third kappa shape index (κ3) is 3.47. The van der Waals surface area contributed by atoms with Gasteiger partial charge in [0.25, 0.3) is 0 Å². The molecule has 0 aliphatic carbocycles. The predicted octanol–water partition coefficient (Wildman–Crippen LogP) is -0.612. The second-order valence-corrected chi connectivity index (χ2v) is 0.980. The molecule has 0 bridgehead atoms. The minimum atomic E-state index is -2.55. The zero-order valence-electron chi connectivity index (χ0n) is 2.71. The predicted molar refractivity (Wildman–Crippen MR) is 18.8 cm³/mol. The fraction of sp³-hybridized carbons (Fsp3) is 0. The Morgan fingerprint density at radius 2 is 2.50 bits per heavy atom. The molecule has 3 nitrogen and oxygen atoms in total. The second kappa shape index (κ2) is 2.69. The van der Waals surface area contributed by atoms with Gasteiger partial charge < -0.3 is 8.74 Å². The van der Waals surface area contributed by atoms with Crippen LogP contribution >= 0.6 is 0 Å². The molecule has 0 N–H and O–H groups in total. The van der Waals surface area contributed by atoms with Crippen molar-refractivity contribution in [3.8, 4) is 12.5 Å². The molecule has 0 amide bonds. The Bertz CT molecular complexity index is 91.5. The summed E-state index contributed by atoms with van der Waals surface area (Å²) in [4.78, 5) is 0. The Balaban J connectivity index is 3.13. The molecule has 6 heavy (non-hydrogen) atoms. The maximum atomic E-state index is 9.23. The third-order valence-corrected chi connectivity index (χ3v) is 0.348. The number of hydrogen-bond donors (Lipinski definition) is 0. The molecule has 0 fully saturated rings. The van der Waals surface area contributed by atoms with Crippen molar-refractivity contribution < 1.29 is 12.9 Å². The van der Waals surface area contributed by atoms with Gasteiger partial charge in [-0.2, -0.15) is 0 Å². The highest BCUT2D eigenvalue weighted by Gasteiger charge is 1.64. The molecule has 1 unspecified atom stereocenters. The molecule has 1 atom stereocenters. The van der Waals surface area contributed by atoms with Crippen molar-refractivity contribution in [1.29, 1.82) is 0 Å². The minimum Gasteiger partial charge on any atom is -0.739 e. The molecule has 0 aromatic heterocycles. The van der Waals surface area contributed by atoms with Crippen LogP contribution in [-0.4, -0.2) is 8.76 Å². The minimum absolute atomic E-state index is 1.45. The first-order chi connectivity index (χ1) is 2.77. The summed E-state index contributed by atoms with van der Waals surface area (Å²) in [5.74, 6) is 0. The van der Waals surface area contributed by atoms with Crippen LogP contribution < -0.4 is 0 Å². The Labute approximate surface area is 37.8 Å². The summed E-state index contributed by atoms with van der Waals surface area (Å²) in [5, 5.41) is 0. The van der Waals surface area contributed by atoms with E-state index in [9.17, 15) is 8.76 Å². The molecule has 0 saturated heterocycles. The van der Waals surface area contributed by atoms with Gasteiger partial charge in [0.1, 0.15) is 6.11 Å². The van der Waals surface area contributed by atoms with Gasteiger partial charge >= 0.3 is 0 Å². The summed E-state index contributed by atoms with van der Waals surface area (Å²) in [6.07, 6.45) is 5.82. The average Bonchev–Trinajstić information content (AvgIpc) is 1.35. The summed E-state index contributed by atoms with van der Waals surface area (Å²) in [6, 6.07) is 0. The summed E-state index contributed by atoms with van der Waals surface area (Å²) in [7, 11) is 0. The van der Waals surface area contributed by atoms with Gasteiger partial charge in [0.15, 0.2) is 11.4 Å². The van der Waals surface area contributed by atoms with Crippen LogP contribution in [0.2, 0.25) is 0 Å². The first kappa shape index (κ1) is 5.47. The van der Waals surface area contributed by atoms with Gasteiger partial charge in [0, 0.05) is 0 Å². The summed E-state index contributed by atoms with van der Waals surface area (Å²) in [6.45, 7) is 0. The molecular weight excluding hydrogens is 104 g/mol. The van der Waals surface area contributed by atoms with Crippen LogP contribution in [0.3, 0.4) is 0 Å². The number of hydrogen-bond acceptors (Lipinski definition) is 3. The van der Waals surface area contributed by atoms with E-state index in [-0.39, 0.29) is 0 Å². The molecule has 34 valence electrons. The van der Waals surface area contributed by atoms with Gasteiger partial charge in [-0.15, -0.1) is 0 Å². The Morgan fingerprint density at radius 1 is 2.00 bits per heavy atom. The van der Waals surface area contributed by atoms with Crippen LogP contribution in [-0.2, 0) is 15.5 Å². The highest BCUT2D eigenvalue weighted by Crippen LogP contribution is 1.68. The van der Waals surface area contributed by atoms with Crippen LogP contribution in [0.15, 0.2) is 0 Å². The monoisotopic (exact) mass is 105 g/mol. The lowest BCUT2D eigenvalue weighted by Crippen LogP contribution is -1.84. The topological polar surface area (TPSA) is 49.4 Å². The van der Waals surface area contributed by atoms with E-state index >= 15 is 0 Å². The lowest BCUT2D eigenvalue weighted by atomic mass is 11.3. The van der Waals surface area contributed by atoms with E-state index in [1.807, 2.05) is 0 Å². The lowest BCUT2D eigenvalue weighted by Gasteiger charge is -1.93. The van der Waals surface area contributed by atoms with Gasteiger partial charge in [0.05, 0.1) is 0 Å². The van der Waals surface area contributed by atoms with E-state index in [0.29, 0.717) is 0 Å². The molecule has 0 rings (SSSR count). The first-order valence-corrected chi connectivity index (χ1v) is 1.99. The van der Waals surface area contributed by atoms with Crippen molar-refractivity contribution in [2.45, 2.75) is 0 Å². The molecule has 4 heteroatoms. The van der Waals surface area contributed by atoms with E-state index in [1.54, 1.807) is 0 Å². The Morgan fingerprint density at radius 3 is 2.50 bits per heavy atom. The Kier molecular flexibility index (Phi) is 2.46. The fourth-order valence-corrected chi connectivity index (χ4v) is 0.118. The lowest BCUT2D eigenvalue weighted by molar-refractivity contribution is 0.423. The van der Waals surface area contributed by atoms with Crippen molar-refractivity contribution in [3.05, 3.63) is 0 Å². The summed E-state index contributed by atoms with van der Waals surface area (Å²) in [5.41, 5.74) is 0. The molecular formula is C2HO3S-. The van der Waals surface area contributed by atoms with Gasteiger partial charge in [-0.1, -0.05) is 6.42 Å². The van der Waals surface area contributed by atoms with E-state index in [2.05, 4.69) is 10.6 Å². The van der Waals surface area contributed by atoms with Crippen molar-refractivity contribution in [2.75, 3.05) is 0 Å². The Hall–Kier alpha value is -0.530. The SMILES string of the molecule is C#COS(=O)[O-]. The molecule has 0 aliphatic heterocycles. The smallest absolute Gasteiger partial charge is 0.151 e. The normalized spacial score (nSPS) is 12.0. The summed E-state index contributed by atoms with van der Waals surface area (Å²) >= 11 is -2.55. The van der Waals surface area contributed by atoms with Crippen molar-refractivity contribution >= 4 is 11.4 Å². The molecule has 0 radical (unpaired) electrons. The molecule has 0 heterocycles. The van der Waals surface area contributed by atoms with Crippen LogP contribution in [0.4, 0.5) is 0 Å². The zero-order valence-corrected chi connectivity index (χ0v) is 3.53. The first-order valence-electron chi connectivity index (χ1n) is 0.993. The maximum absolute atomic E-state index is 9.23. The quantitative estimate of drug-likeness (QED) is 0.330. The second-order valence-electron chi connectivity index (χ2n) is 0.405.